The third-order valence-electron chi connectivity index (χ3n) is 2.86. The molecule has 19 heavy (non-hydrogen) atoms. The van der Waals surface area contributed by atoms with E-state index in [1.807, 2.05) is 13.0 Å². The fraction of sp³-hybridized carbons (Fsp3) is 0.308. The van der Waals surface area contributed by atoms with Crippen LogP contribution in [0.15, 0.2) is 28.9 Å². The van der Waals surface area contributed by atoms with Gasteiger partial charge in [0.15, 0.2) is 0 Å². The highest BCUT2D eigenvalue weighted by molar-refractivity contribution is 9.10. The number of hydrogen-bond acceptors (Lipinski definition) is 2. The lowest BCUT2D eigenvalue weighted by Gasteiger charge is -2.13. The van der Waals surface area contributed by atoms with Crippen LogP contribution in [0.5, 0.6) is 0 Å². The molecular weight excluding hydrogens is 351 g/mol. The summed E-state index contributed by atoms with van der Waals surface area (Å²) in [6, 6.07) is 5.36. The molecule has 0 saturated carbocycles. The summed E-state index contributed by atoms with van der Waals surface area (Å²) in [5.74, 6) is 0. The monoisotopic (exact) mass is 362 g/mol. The number of rotatable bonds is 4. The zero-order valence-electron chi connectivity index (χ0n) is 10.3. The minimum Gasteiger partial charge on any atom is -0.386 e. The normalized spacial score (nSPS) is 12.7. The lowest BCUT2D eigenvalue weighted by atomic mass is 10.1. The first-order valence-electron chi connectivity index (χ1n) is 5.86. The molecule has 0 spiro atoms. The van der Waals surface area contributed by atoms with Crippen LogP contribution in [-0.2, 0) is 13.0 Å². The van der Waals surface area contributed by atoms with E-state index >= 15 is 0 Å². The van der Waals surface area contributed by atoms with Crippen LogP contribution < -0.4 is 0 Å². The second kappa shape index (κ2) is 6.27. The Morgan fingerprint density at radius 1 is 1.37 bits per heavy atom. The van der Waals surface area contributed by atoms with Crippen molar-refractivity contribution in [3.63, 3.8) is 0 Å². The highest BCUT2D eigenvalue weighted by atomic mass is 79.9. The number of aryl methyl sites for hydroxylation is 1. The predicted octanol–water partition coefficient (Wildman–Crippen LogP) is 4.25. The summed E-state index contributed by atoms with van der Waals surface area (Å²) in [7, 11) is 0. The van der Waals surface area contributed by atoms with E-state index in [4.69, 9.17) is 23.2 Å². The van der Waals surface area contributed by atoms with Crippen molar-refractivity contribution in [2.24, 2.45) is 0 Å². The first-order chi connectivity index (χ1) is 9.02. The van der Waals surface area contributed by atoms with Crippen LogP contribution in [-0.4, -0.2) is 14.9 Å². The summed E-state index contributed by atoms with van der Waals surface area (Å²) in [5.41, 5.74) is 1.70. The number of nitrogens with zero attached hydrogens (tertiary/aromatic N) is 2. The molecule has 0 saturated heterocycles. The van der Waals surface area contributed by atoms with Crippen molar-refractivity contribution in [3.05, 3.63) is 50.2 Å². The zero-order chi connectivity index (χ0) is 14.0. The molecule has 1 atom stereocenters. The Morgan fingerprint density at radius 2 is 2.11 bits per heavy atom. The highest BCUT2D eigenvalue weighted by Crippen LogP contribution is 2.28. The number of aromatic nitrogens is 2. The summed E-state index contributed by atoms with van der Waals surface area (Å²) in [6.07, 6.45) is 1.51. The van der Waals surface area contributed by atoms with E-state index in [-0.39, 0.29) is 0 Å². The molecule has 0 aliphatic carbocycles. The highest BCUT2D eigenvalue weighted by Gasteiger charge is 2.18. The second-order valence-corrected chi connectivity index (χ2v) is 5.83. The average molecular weight is 364 g/mol. The number of hydrogen-bond donors (Lipinski definition) is 1. The van der Waals surface area contributed by atoms with Gasteiger partial charge in [0.1, 0.15) is 6.10 Å². The Hall–Kier alpha value is -0.550. The number of benzene rings is 1. The Balaban J connectivity index is 2.22. The summed E-state index contributed by atoms with van der Waals surface area (Å²) >= 11 is 15.3. The van der Waals surface area contributed by atoms with E-state index in [0.29, 0.717) is 23.0 Å². The van der Waals surface area contributed by atoms with Crippen LogP contribution in [0.25, 0.3) is 0 Å². The molecule has 0 radical (unpaired) electrons. The SMILES string of the molecule is CCn1ncc(Br)c1C(O)Cc1ccc(Cl)c(Cl)c1. The molecule has 1 aromatic heterocycles. The Kier molecular flexibility index (Phi) is 4.90. The van der Waals surface area contributed by atoms with Crippen LogP contribution >= 0.6 is 39.1 Å². The van der Waals surface area contributed by atoms with Gasteiger partial charge in [-0.3, -0.25) is 4.68 Å². The van der Waals surface area contributed by atoms with E-state index in [1.54, 1.807) is 23.0 Å². The Morgan fingerprint density at radius 3 is 2.74 bits per heavy atom. The van der Waals surface area contributed by atoms with Gasteiger partial charge in [-0.15, -0.1) is 0 Å². The molecule has 2 aromatic rings. The molecule has 1 N–H and O–H groups in total. The van der Waals surface area contributed by atoms with Crippen LogP contribution in [0.4, 0.5) is 0 Å². The van der Waals surface area contributed by atoms with Crippen molar-refractivity contribution < 1.29 is 5.11 Å². The molecule has 102 valence electrons. The van der Waals surface area contributed by atoms with Crippen LogP contribution in [0.1, 0.15) is 24.3 Å². The standard InChI is InChI=1S/C13H13BrCl2N2O/c1-2-18-13(9(14)7-17-18)12(19)6-8-3-4-10(15)11(16)5-8/h3-5,7,12,19H,2,6H2,1H3. The summed E-state index contributed by atoms with van der Waals surface area (Å²) in [4.78, 5) is 0. The van der Waals surface area contributed by atoms with Crippen LogP contribution in [0, 0.1) is 0 Å². The quantitative estimate of drug-likeness (QED) is 0.881. The largest absolute Gasteiger partial charge is 0.386 e. The lowest BCUT2D eigenvalue weighted by Crippen LogP contribution is -2.10. The van der Waals surface area contributed by atoms with Gasteiger partial charge in [-0.2, -0.15) is 5.10 Å². The molecule has 0 fully saturated rings. The summed E-state index contributed by atoms with van der Waals surface area (Å²) < 4.78 is 2.58. The second-order valence-electron chi connectivity index (χ2n) is 4.16. The fourth-order valence-corrected chi connectivity index (χ4v) is 2.82. The summed E-state index contributed by atoms with van der Waals surface area (Å²) in [6.45, 7) is 2.69. The average Bonchev–Trinajstić information content (AvgIpc) is 2.75. The predicted molar refractivity (Wildman–Crippen MR) is 80.7 cm³/mol. The van der Waals surface area contributed by atoms with Gasteiger partial charge in [-0.05, 0) is 40.5 Å². The van der Waals surface area contributed by atoms with Gasteiger partial charge < -0.3 is 5.11 Å². The van der Waals surface area contributed by atoms with Crippen molar-refractivity contribution in [1.82, 2.24) is 9.78 Å². The topological polar surface area (TPSA) is 38.0 Å². The number of aliphatic hydroxyl groups excluding tert-OH is 1. The van der Waals surface area contributed by atoms with Gasteiger partial charge in [0.2, 0.25) is 0 Å². The van der Waals surface area contributed by atoms with Gasteiger partial charge >= 0.3 is 0 Å². The van der Waals surface area contributed by atoms with E-state index in [0.717, 1.165) is 15.7 Å². The Labute approximate surface area is 130 Å². The van der Waals surface area contributed by atoms with Crippen molar-refractivity contribution in [2.45, 2.75) is 26.0 Å². The molecule has 2 rings (SSSR count). The first kappa shape index (κ1) is 14.9. The number of halogens is 3. The third-order valence-corrected chi connectivity index (χ3v) is 4.21. The fourth-order valence-electron chi connectivity index (χ4n) is 1.94. The van der Waals surface area contributed by atoms with Gasteiger partial charge in [0.25, 0.3) is 0 Å². The van der Waals surface area contributed by atoms with Crippen molar-refractivity contribution >= 4 is 39.1 Å². The van der Waals surface area contributed by atoms with Crippen LogP contribution in [0.3, 0.4) is 0 Å². The molecule has 0 bridgehead atoms. The maximum absolute atomic E-state index is 10.3. The van der Waals surface area contributed by atoms with Crippen molar-refractivity contribution in [1.29, 1.82) is 0 Å². The van der Waals surface area contributed by atoms with Gasteiger partial charge in [-0.1, -0.05) is 29.3 Å². The van der Waals surface area contributed by atoms with Gasteiger partial charge in [0, 0.05) is 13.0 Å². The molecule has 3 nitrogen and oxygen atoms in total. The third kappa shape index (κ3) is 3.31. The molecule has 0 aliphatic rings. The van der Waals surface area contributed by atoms with Gasteiger partial charge in [0.05, 0.1) is 26.4 Å². The maximum atomic E-state index is 10.3. The van der Waals surface area contributed by atoms with Crippen molar-refractivity contribution in [3.8, 4) is 0 Å². The molecule has 1 aromatic carbocycles. The molecule has 6 heteroatoms. The zero-order valence-corrected chi connectivity index (χ0v) is 13.4. The van der Waals surface area contributed by atoms with Crippen molar-refractivity contribution in [2.75, 3.05) is 0 Å². The number of aliphatic hydroxyl groups is 1. The van der Waals surface area contributed by atoms with E-state index in [9.17, 15) is 5.11 Å². The molecular formula is C13H13BrCl2N2O. The lowest BCUT2D eigenvalue weighted by molar-refractivity contribution is 0.166. The molecule has 1 heterocycles. The Bertz CT molecular complexity index is 586. The first-order valence-corrected chi connectivity index (χ1v) is 7.41. The minimum atomic E-state index is -0.644. The molecule has 1 unspecified atom stereocenters. The molecule has 0 amide bonds. The van der Waals surface area contributed by atoms with Crippen LogP contribution in [0.2, 0.25) is 10.0 Å². The van der Waals surface area contributed by atoms with Gasteiger partial charge in [-0.25, -0.2) is 0 Å². The minimum absolute atomic E-state index is 0.460. The smallest absolute Gasteiger partial charge is 0.101 e. The van der Waals surface area contributed by atoms with E-state index in [1.165, 1.54) is 0 Å². The van der Waals surface area contributed by atoms with E-state index in [2.05, 4.69) is 21.0 Å². The maximum Gasteiger partial charge on any atom is 0.101 e. The molecule has 0 aliphatic heterocycles. The summed E-state index contributed by atoms with van der Waals surface area (Å²) in [5, 5.41) is 15.5. The van der Waals surface area contributed by atoms with E-state index < -0.39 is 6.10 Å².